The number of aromatic nitrogens is 3. The molecule has 5 heteroatoms. The number of hydrogen-bond acceptors (Lipinski definition) is 3. The second-order valence-electron chi connectivity index (χ2n) is 12.5. The summed E-state index contributed by atoms with van der Waals surface area (Å²) in [6.45, 7) is 2.19. The van der Waals surface area contributed by atoms with E-state index in [0.717, 1.165) is 46.0 Å². The molecule has 0 bridgehead atoms. The van der Waals surface area contributed by atoms with Gasteiger partial charge < -0.3 is 13.9 Å². The zero-order valence-corrected chi connectivity index (χ0v) is 24.3. The van der Waals surface area contributed by atoms with Crippen molar-refractivity contribution < 1.29 is 4.74 Å². The largest absolute Gasteiger partial charge is 0.453 e. The van der Waals surface area contributed by atoms with Crippen molar-refractivity contribution in [1.82, 2.24) is 19.0 Å². The second kappa shape index (κ2) is 8.50. The summed E-state index contributed by atoms with van der Waals surface area (Å²) in [5.74, 6) is 1.75. The van der Waals surface area contributed by atoms with Crippen molar-refractivity contribution in [3.8, 4) is 34.0 Å². The van der Waals surface area contributed by atoms with Crippen molar-refractivity contribution in [1.29, 1.82) is 0 Å². The van der Waals surface area contributed by atoms with Gasteiger partial charge in [0.25, 0.3) is 0 Å². The molecule has 3 aliphatic rings. The van der Waals surface area contributed by atoms with Crippen LogP contribution in [0.3, 0.4) is 0 Å². The van der Waals surface area contributed by atoms with E-state index in [1.807, 2.05) is 24.5 Å². The SMILES string of the molecule is C1=C(c2cc(-c3cccnc3)cc(-n3c4ccccc4c4c5c6ccccc6n6c5c(cc43)Oc3ccccc3-6)c2)CN2CC12. The fourth-order valence-corrected chi connectivity index (χ4v) is 7.88. The first kappa shape index (κ1) is 23.8. The minimum absolute atomic E-state index is 0.595. The molecule has 6 heterocycles. The van der Waals surface area contributed by atoms with Crippen LogP contribution >= 0.6 is 0 Å². The van der Waals surface area contributed by atoms with Crippen LogP contribution in [0.4, 0.5) is 0 Å². The maximum atomic E-state index is 6.73. The number of para-hydroxylation sites is 4. The number of nitrogens with zero attached hydrogens (tertiary/aromatic N) is 4. The number of ether oxygens (including phenoxy) is 1. The third kappa shape index (κ3) is 3.22. The Morgan fingerprint density at radius 2 is 1.42 bits per heavy atom. The van der Waals surface area contributed by atoms with E-state index in [9.17, 15) is 0 Å². The molecule has 5 aromatic carbocycles. The molecule has 2 atom stereocenters. The van der Waals surface area contributed by atoms with Gasteiger partial charge in [-0.1, -0.05) is 60.7 Å². The van der Waals surface area contributed by atoms with Gasteiger partial charge in [0.1, 0.15) is 0 Å². The second-order valence-corrected chi connectivity index (χ2v) is 12.5. The zero-order valence-electron chi connectivity index (χ0n) is 24.3. The van der Waals surface area contributed by atoms with Crippen molar-refractivity contribution in [2.75, 3.05) is 13.1 Å². The summed E-state index contributed by atoms with van der Waals surface area (Å²) in [5.41, 5.74) is 11.8. The fourth-order valence-electron chi connectivity index (χ4n) is 7.88. The molecule has 1 fully saturated rings. The third-order valence-electron chi connectivity index (χ3n) is 9.93. The average Bonchev–Trinajstić information content (AvgIpc) is 3.39. The van der Waals surface area contributed by atoms with Crippen LogP contribution in [0, 0.1) is 0 Å². The van der Waals surface area contributed by atoms with E-state index in [0.29, 0.717) is 6.04 Å². The van der Waals surface area contributed by atoms with E-state index < -0.39 is 0 Å². The van der Waals surface area contributed by atoms with Gasteiger partial charge in [-0.15, -0.1) is 0 Å². The van der Waals surface area contributed by atoms with Gasteiger partial charge in [0.2, 0.25) is 0 Å². The molecule has 0 aliphatic carbocycles. The van der Waals surface area contributed by atoms with E-state index in [-0.39, 0.29) is 0 Å². The topological polar surface area (TPSA) is 35.0 Å². The highest BCUT2D eigenvalue weighted by atomic mass is 16.5. The van der Waals surface area contributed by atoms with Crippen molar-refractivity contribution in [3.05, 3.63) is 133 Å². The summed E-state index contributed by atoms with van der Waals surface area (Å²) in [7, 11) is 0. The van der Waals surface area contributed by atoms with E-state index >= 15 is 0 Å². The Bertz CT molecular complexity index is 2590. The fraction of sp³-hybridized carbons (Fsp3) is 0.0750. The lowest BCUT2D eigenvalue weighted by atomic mass is 9.98. The van der Waals surface area contributed by atoms with E-state index in [4.69, 9.17) is 4.74 Å². The molecule has 11 rings (SSSR count). The molecule has 45 heavy (non-hydrogen) atoms. The van der Waals surface area contributed by atoms with Crippen LogP contribution in [0.1, 0.15) is 5.56 Å². The Balaban J connectivity index is 1.28. The van der Waals surface area contributed by atoms with Gasteiger partial charge >= 0.3 is 0 Å². The number of benzene rings is 5. The van der Waals surface area contributed by atoms with E-state index in [1.54, 1.807) is 0 Å². The highest BCUT2D eigenvalue weighted by molar-refractivity contribution is 6.30. The molecule has 8 aromatic rings. The summed E-state index contributed by atoms with van der Waals surface area (Å²) in [6.07, 6.45) is 6.26. The Hall–Kier alpha value is -5.65. The molecule has 0 radical (unpaired) electrons. The Morgan fingerprint density at radius 1 is 0.644 bits per heavy atom. The van der Waals surface area contributed by atoms with Gasteiger partial charge in [-0.25, -0.2) is 0 Å². The predicted octanol–water partition coefficient (Wildman–Crippen LogP) is 9.13. The summed E-state index contributed by atoms with van der Waals surface area (Å²) in [4.78, 5) is 6.98. The average molecular weight is 579 g/mol. The zero-order chi connectivity index (χ0) is 29.2. The van der Waals surface area contributed by atoms with Crippen LogP contribution in [0.2, 0.25) is 0 Å². The molecule has 0 saturated carbocycles. The molecule has 0 N–H and O–H groups in total. The third-order valence-corrected chi connectivity index (χ3v) is 9.93. The summed E-state index contributed by atoms with van der Waals surface area (Å²) in [6, 6.07) is 40.0. The monoisotopic (exact) mass is 578 g/mol. The molecule has 1 saturated heterocycles. The molecule has 2 unspecified atom stereocenters. The smallest absolute Gasteiger partial charge is 0.154 e. The van der Waals surface area contributed by atoms with Gasteiger partial charge in [-0.3, -0.25) is 9.88 Å². The van der Waals surface area contributed by atoms with Crippen LogP contribution in [-0.2, 0) is 0 Å². The van der Waals surface area contributed by atoms with Crippen LogP contribution in [0.5, 0.6) is 11.5 Å². The molecular formula is C40H26N4O. The Kier molecular flexibility index (Phi) is 4.49. The molecule has 0 spiro atoms. The van der Waals surface area contributed by atoms with Gasteiger partial charge in [-0.2, -0.15) is 0 Å². The lowest BCUT2D eigenvalue weighted by Gasteiger charge is -2.21. The molecule has 3 aliphatic heterocycles. The molecular weight excluding hydrogens is 552 g/mol. The quantitative estimate of drug-likeness (QED) is 0.196. The van der Waals surface area contributed by atoms with Crippen LogP contribution in [0.25, 0.3) is 71.7 Å². The summed E-state index contributed by atoms with van der Waals surface area (Å²) >= 11 is 0. The summed E-state index contributed by atoms with van der Waals surface area (Å²) < 4.78 is 11.6. The van der Waals surface area contributed by atoms with Crippen molar-refractivity contribution in [3.63, 3.8) is 0 Å². The normalized spacial score (nSPS) is 17.9. The van der Waals surface area contributed by atoms with Crippen LogP contribution in [-0.4, -0.2) is 38.1 Å². The maximum absolute atomic E-state index is 6.73. The minimum atomic E-state index is 0.595. The van der Waals surface area contributed by atoms with Crippen molar-refractivity contribution >= 4 is 49.2 Å². The standard InChI is InChI=1S/C40H26N4O/c1-3-11-32-30(9-1)38-35(20-37-40-39(38)31-10-2-4-12-33(31)44(40)34-13-5-6-14-36(34)45-37)43(32)28-17-25(24-8-7-15-41-21-24)16-26(18-28)27-19-29-23-42(29)22-27/h1-21,29H,22-23H2. The lowest BCUT2D eigenvalue weighted by Crippen LogP contribution is -2.04. The van der Waals surface area contributed by atoms with Crippen LogP contribution in [0.15, 0.2) is 128 Å². The maximum Gasteiger partial charge on any atom is 0.154 e. The Morgan fingerprint density at radius 3 is 2.24 bits per heavy atom. The van der Waals surface area contributed by atoms with Gasteiger partial charge in [-0.05, 0) is 65.2 Å². The first-order valence-electron chi connectivity index (χ1n) is 15.6. The molecule has 3 aromatic heterocycles. The molecule has 212 valence electrons. The van der Waals surface area contributed by atoms with E-state index in [1.165, 1.54) is 55.8 Å². The minimum Gasteiger partial charge on any atom is -0.453 e. The van der Waals surface area contributed by atoms with Crippen molar-refractivity contribution in [2.45, 2.75) is 6.04 Å². The van der Waals surface area contributed by atoms with Gasteiger partial charge in [0, 0.05) is 70.4 Å². The highest BCUT2D eigenvalue weighted by Crippen LogP contribution is 2.50. The molecule has 0 amide bonds. The van der Waals surface area contributed by atoms with Crippen molar-refractivity contribution in [2.24, 2.45) is 0 Å². The number of hydrogen-bond donors (Lipinski definition) is 0. The number of rotatable bonds is 3. The predicted molar refractivity (Wildman–Crippen MR) is 182 cm³/mol. The lowest BCUT2D eigenvalue weighted by molar-refractivity contribution is 0.477. The summed E-state index contributed by atoms with van der Waals surface area (Å²) in [5, 5.41) is 4.96. The highest BCUT2D eigenvalue weighted by Gasteiger charge is 2.38. The van der Waals surface area contributed by atoms with Gasteiger partial charge in [0.15, 0.2) is 11.5 Å². The van der Waals surface area contributed by atoms with Gasteiger partial charge in [0.05, 0.1) is 27.8 Å². The van der Waals surface area contributed by atoms with Crippen LogP contribution < -0.4 is 4.74 Å². The first-order chi connectivity index (χ1) is 22.3. The van der Waals surface area contributed by atoms with E-state index in [2.05, 4.69) is 122 Å². The number of pyridine rings is 1. The first-order valence-corrected chi connectivity index (χ1v) is 15.6. The Labute approximate surface area is 258 Å². The number of fused-ring (bicyclic) bond motifs is 10. The molecule has 5 nitrogen and oxygen atoms in total.